The van der Waals surface area contributed by atoms with Gasteiger partial charge in [0.1, 0.15) is 11.6 Å². The summed E-state index contributed by atoms with van der Waals surface area (Å²) in [6.45, 7) is 8.76. The lowest BCUT2D eigenvalue weighted by atomic mass is 9.80. The lowest BCUT2D eigenvalue weighted by molar-refractivity contribution is 0.466. The predicted molar refractivity (Wildman–Crippen MR) is 293 cm³/mol. The fourth-order valence-electron chi connectivity index (χ4n) is 9.50. The Morgan fingerprint density at radius 2 is 1.22 bits per heavy atom. The molecule has 2 aromatic heterocycles. The maximum absolute atomic E-state index is 12.4. The molecule has 9 aromatic rings. The van der Waals surface area contributed by atoms with Gasteiger partial charge in [0.25, 0.3) is 0 Å². The van der Waals surface area contributed by atoms with Crippen LogP contribution in [0.1, 0.15) is 142 Å². The summed E-state index contributed by atoms with van der Waals surface area (Å²) >= 11 is 0. The van der Waals surface area contributed by atoms with E-state index in [2.05, 4.69) is 132 Å². The Labute approximate surface area is 424 Å². The molecule has 0 aliphatic rings. The molecule has 348 valence electrons. The fourth-order valence-corrected chi connectivity index (χ4v) is 9.50. The van der Waals surface area contributed by atoms with Crippen LogP contribution < -0.4 is 0 Å². The first-order chi connectivity index (χ1) is 36.9. The van der Waals surface area contributed by atoms with E-state index in [0.29, 0.717) is 33.7 Å². The van der Waals surface area contributed by atoms with Gasteiger partial charge in [-0.3, -0.25) is 9.55 Å². The van der Waals surface area contributed by atoms with Gasteiger partial charge in [-0.1, -0.05) is 186 Å². The lowest BCUT2D eigenvalue weighted by Crippen LogP contribution is -2.13. The molecule has 0 bridgehead atoms. The van der Waals surface area contributed by atoms with Crippen molar-refractivity contribution in [1.82, 2.24) is 14.5 Å². The highest BCUT2D eigenvalue weighted by molar-refractivity contribution is 5.98. The maximum Gasteiger partial charge on any atom is 0.149 e. The molecule has 0 aliphatic heterocycles. The number of benzene rings is 7. The fraction of sp³-hybridized carbons (Fsp3) is 0.262. The Balaban J connectivity index is 1.27. The molecule has 4 heteroatoms. The molecule has 0 aliphatic carbocycles. The predicted octanol–water partition coefficient (Wildman–Crippen LogP) is 18.1. The van der Waals surface area contributed by atoms with Gasteiger partial charge in [0.05, 0.1) is 22.3 Å². The zero-order valence-electron chi connectivity index (χ0n) is 51.0. The normalized spacial score (nSPS) is 15.1. The Kier molecular flexibility index (Phi) is 9.63. The lowest BCUT2D eigenvalue weighted by Gasteiger charge is -2.25. The number of pyridine rings is 1. The number of phenols is 1. The van der Waals surface area contributed by atoms with Gasteiger partial charge in [-0.25, -0.2) is 4.98 Å². The van der Waals surface area contributed by atoms with Gasteiger partial charge in [0.15, 0.2) is 0 Å². The second-order valence-corrected chi connectivity index (χ2v) is 20.2. The molecule has 0 spiro atoms. The number of rotatable bonds is 10. The zero-order chi connectivity index (χ0) is 57.4. The van der Waals surface area contributed by atoms with Gasteiger partial charge in [-0.2, -0.15) is 0 Å². The number of hydrogen-bond donors (Lipinski definition) is 1. The quantitative estimate of drug-likeness (QED) is 0.149. The standard InChI is InChI=1S/C65H67N3O/c1-40(2)46-36-56(42(5)6)62(69)57(37-46)63-67-61-52(22-18-24-60(61)68(63)51-29-30-53(55(39-51)41(3)4)54-21-16-17-23-58(54)65(10,11)12)48-33-47(43-19-14-13-15-20-43)34-49(35-48)59-38-45(31-32-66-59)44-25-27-50(28-26-44)64(7,8)9/h13-42,69H,1-12H3/i7D3,8D3,9D3,41D. The SMILES string of the molecule is [2H]C(C)(C)c1cc(-n2c(-c3cc(C(C)C)cc(C(C)C)c3O)nc3c(-c4cc(-c5ccccc5)cc(-c5cc(-c6ccc(C(C([2H])([2H])[2H])(C([2H])([2H])[2H])C([2H])([2H])[2H])cc6)ccn5)c4)cccc32)ccc1-c1ccccc1C(C)(C)C. The van der Waals surface area contributed by atoms with Crippen LogP contribution in [0.15, 0.2) is 164 Å². The van der Waals surface area contributed by atoms with Crippen molar-refractivity contribution in [1.29, 1.82) is 0 Å². The van der Waals surface area contributed by atoms with Gasteiger partial charge >= 0.3 is 0 Å². The molecule has 0 saturated carbocycles. The van der Waals surface area contributed by atoms with E-state index in [9.17, 15) is 6.48 Å². The van der Waals surface area contributed by atoms with Crippen molar-refractivity contribution in [2.75, 3.05) is 0 Å². The minimum Gasteiger partial charge on any atom is -0.507 e. The molecular formula is C65H67N3O. The molecule has 0 atom stereocenters. The van der Waals surface area contributed by atoms with Crippen molar-refractivity contribution < 1.29 is 18.8 Å². The monoisotopic (exact) mass is 916 g/mol. The van der Waals surface area contributed by atoms with Crippen LogP contribution in [0.4, 0.5) is 0 Å². The van der Waals surface area contributed by atoms with Gasteiger partial charge < -0.3 is 5.11 Å². The summed E-state index contributed by atoms with van der Waals surface area (Å²) in [5, 5.41) is 12.4. The molecule has 0 saturated heterocycles. The van der Waals surface area contributed by atoms with Crippen LogP contribution in [0.25, 0.3) is 83.9 Å². The summed E-state index contributed by atoms with van der Waals surface area (Å²) in [6.07, 6.45) is 1.67. The van der Waals surface area contributed by atoms with Gasteiger partial charge in [-0.15, -0.1) is 0 Å². The van der Waals surface area contributed by atoms with E-state index in [-0.39, 0.29) is 28.6 Å². The first-order valence-electron chi connectivity index (χ1n) is 28.8. The topological polar surface area (TPSA) is 50.9 Å². The number of fused-ring (bicyclic) bond motifs is 1. The van der Waals surface area contributed by atoms with E-state index >= 15 is 0 Å². The number of para-hydroxylation sites is 1. The van der Waals surface area contributed by atoms with Crippen LogP contribution in [0.5, 0.6) is 5.75 Å². The third kappa shape index (κ3) is 9.30. The van der Waals surface area contributed by atoms with Gasteiger partial charge in [-0.05, 0) is 150 Å². The second kappa shape index (κ2) is 18.5. The highest BCUT2D eigenvalue weighted by Gasteiger charge is 2.26. The Morgan fingerprint density at radius 3 is 1.91 bits per heavy atom. The van der Waals surface area contributed by atoms with Crippen molar-refractivity contribution in [3.8, 4) is 78.6 Å². The summed E-state index contributed by atoms with van der Waals surface area (Å²) < 4.78 is 85.9. The van der Waals surface area contributed by atoms with Gasteiger partial charge in [0.2, 0.25) is 0 Å². The number of aromatic nitrogens is 3. The maximum atomic E-state index is 12.4. The average Bonchev–Trinajstić information content (AvgIpc) is 3.85. The Hall–Kier alpha value is -7.04. The van der Waals surface area contributed by atoms with Crippen molar-refractivity contribution in [2.45, 2.75) is 111 Å². The molecule has 0 radical (unpaired) electrons. The second-order valence-electron chi connectivity index (χ2n) is 20.2. The Bertz CT molecular complexity index is 3690. The smallest absolute Gasteiger partial charge is 0.149 e. The number of nitrogens with zero attached hydrogens (tertiary/aromatic N) is 3. The van der Waals surface area contributed by atoms with Crippen LogP contribution >= 0.6 is 0 Å². The highest BCUT2D eigenvalue weighted by atomic mass is 16.3. The summed E-state index contributed by atoms with van der Waals surface area (Å²) in [4.78, 5) is 10.4. The van der Waals surface area contributed by atoms with Crippen molar-refractivity contribution in [3.05, 3.63) is 192 Å². The summed E-state index contributed by atoms with van der Waals surface area (Å²) in [5.41, 5.74) is 11.4. The van der Waals surface area contributed by atoms with Crippen LogP contribution in [-0.2, 0) is 10.8 Å². The molecule has 0 amide bonds. The van der Waals surface area contributed by atoms with Crippen LogP contribution in [-0.4, -0.2) is 19.6 Å². The molecule has 7 aromatic carbocycles. The number of imidazole rings is 1. The minimum atomic E-state index is -3.38. The third-order valence-corrected chi connectivity index (χ3v) is 13.3. The molecule has 9 rings (SSSR count). The molecule has 1 N–H and O–H groups in total. The summed E-state index contributed by atoms with van der Waals surface area (Å²) in [7, 11) is 0. The largest absolute Gasteiger partial charge is 0.507 e. The van der Waals surface area contributed by atoms with Gasteiger partial charge in [0, 0.05) is 36.7 Å². The van der Waals surface area contributed by atoms with Crippen LogP contribution in [0, 0.1) is 0 Å². The van der Waals surface area contributed by atoms with Crippen LogP contribution in [0.2, 0.25) is 0 Å². The molecule has 2 heterocycles. The summed E-state index contributed by atoms with van der Waals surface area (Å²) in [5.74, 6) is -0.143. The van der Waals surface area contributed by atoms with Crippen molar-refractivity contribution in [3.63, 3.8) is 0 Å². The van der Waals surface area contributed by atoms with Crippen LogP contribution in [0.3, 0.4) is 0 Å². The zero-order valence-corrected chi connectivity index (χ0v) is 41.0. The molecule has 4 nitrogen and oxygen atoms in total. The molecule has 69 heavy (non-hydrogen) atoms. The molecule has 0 fully saturated rings. The molecule has 0 unspecified atom stereocenters. The average molecular weight is 916 g/mol. The number of hydrogen-bond acceptors (Lipinski definition) is 3. The number of phenolic OH excluding ortho intramolecular Hbond substituents is 1. The third-order valence-electron chi connectivity index (χ3n) is 13.3. The first-order valence-corrected chi connectivity index (χ1v) is 23.8. The van der Waals surface area contributed by atoms with Crippen molar-refractivity contribution in [2.24, 2.45) is 0 Å². The van der Waals surface area contributed by atoms with E-state index in [0.717, 1.165) is 66.8 Å². The molecular weight excluding hydrogens is 839 g/mol. The van der Waals surface area contributed by atoms with E-state index in [1.165, 1.54) is 17.7 Å². The Morgan fingerprint density at radius 1 is 0.536 bits per heavy atom. The summed E-state index contributed by atoms with van der Waals surface area (Å²) in [6, 6.07) is 50.7. The number of aromatic hydroxyl groups is 1. The first kappa shape index (κ1) is 36.0. The van der Waals surface area contributed by atoms with E-state index in [4.69, 9.17) is 22.3 Å². The highest BCUT2D eigenvalue weighted by Crippen LogP contribution is 2.45. The van der Waals surface area contributed by atoms with E-state index in [1.54, 1.807) is 24.4 Å². The minimum absolute atomic E-state index is 0.0121. The van der Waals surface area contributed by atoms with E-state index < -0.39 is 31.9 Å². The van der Waals surface area contributed by atoms with E-state index in [1.807, 2.05) is 62.4 Å². The van der Waals surface area contributed by atoms with Crippen molar-refractivity contribution >= 4 is 11.0 Å².